The molecule has 4 nitrogen and oxygen atoms in total. The van der Waals surface area contributed by atoms with Gasteiger partial charge in [-0.15, -0.1) is 0 Å². The van der Waals surface area contributed by atoms with Gasteiger partial charge < -0.3 is 14.8 Å². The molecule has 2 atom stereocenters. The molecule has 1 N–H and O–H groups in total. The molecule has 156 valence electrons. The van der Waals surface area contributed by atoms with Crippen molar-refractivity contribution in [1.82, 2.24) is 14.9 Å². The van der Waals surface area contributed by atoms with Crippen molar-refractivity contribution in [1.29, 1.82) is 0 Å². The molecule has 1 aromatic carbocycles. The first kappa shape index (κ1) is 20.6. The van der Waals surface area contributed by atoms with Crippen LogP contribution in [0, 0.1) is 0 Å². The monoisotopic (exact) mass is 418 g/mol. The van der Waals surface area contributed by atoms with Gasteiger partial charge in [-0.05, 0) is 80.4 Å². The number of hydrogen-bond donors (Lipinski definition) is 1. The number of hydrogen-bond acceptors (Lipinski definition) is 2. The SMILES string of the molecule is CC(C)c1ccc(N2C(=S)NC(c3ccccn3)C2c2ccn(C(C)(C)C)c2)cc1. The number of pyridine rings is 1. The third-order valence-electron chi connectivity index (χ3n) is 5.77. The van der Waals surface area contributed by atoms with Gasteiger partial charge in [0.2, 0.25) is 0 Å². The van der Waals surface area contributed by atoms with Crippen LogP contribution in [0.15, 0.2) is 67.1 Å². The van der Waals surface area contributed by atoms with Crippen LogP contribution in [0.2, 0.25) is 0 Å². The molecule has 3 aromatic rings. The second-order valence-corrected chi connectivity index (χ2v) is 9.65. The minimum atomic E-state index is -0.0145. The van der Waals surface area contributed by atoms with Crippen molar-refractivity contribution in [3.05, 3.63) is 83.9 Å². The Morgan fingerprint density at radius 2 is 1.77 bits per heavy atom. The Morgan fingerprint density at radius 1 is 1.03 bits per heavy atom. The number of rotatable bonds is 4. The Balaban J connectivity index is 1.79. The molecular weight excluding hydrogens is 388 g/mol. The number of aromatic nitrogens is 2. The fourth-order valence-electron chi connectivity index (χ4n) is 4.00. The number of thiocarbonyl (C=S) groups is 1. The molecule has 0 bridgehead atoms. The minimum absolute atomic E-state index is 0.0145. The Labute approximate surface area is 184 Å². The van der Waals surface area contributed by atoms with E-state index in [0.29, 0.717) is 5.92 Å². The molecule has 2 aromatic heterocycles. The highest BCUT2D eigenvalue weighted by atomic mass is 32.1. The first-order chi connectivity index (χ1) is 14.3. The molecule has 3 heterocycles. The summed E-state index contributed by atoms with van der Waals surface area (Å²) in [7, 11) is 0. The average molecular weight is 419 g/mol. The van der Waals surface area contributed by atoms with E-state index >= 15 is 0 Å². The molecule has 0 saturated carbocycles. The van der Waals surface area contributed by atoms with E-state index in [1.54, 1.807) is 0 Å². The van der Waals surface area contributed by atoms with Gasteiger partial charge in [-0.25, -0.2) is 0 Å². The van der Waals surface area contributed by atoms with Crippen LogP contribution in [0.25, 0.3) is 0 Å². The van der Waals surface area contributed by atoms with Gasteiger partial charge in [-0.2, -0.15) is 0 Å². The lowest BCUT2D eigenvalue weighted by Crippen LogP contribution is -2.29. The normalized spacial score (nSPS) is 19.4. The first-order valence-electron chi connectivity index (χ1n) is 10.5. The van der Waals surface area contributed by atoms with Crippen LogP contribution in [-0.4, -0.2) is 14.7 Å². The highest BCUT2D eigenvalue weighted by Gasteiger charge is 2.41. The lowest BCUT2D eigenvalue weighted by molar-refractivity contribution is 0.397. The van der Waals surface area contributed by atoms with Crippen LogP contribution < -0.4 is 10.2 Å². The summed E-state index contributed by atoms with van der Waals surface area (Å²) in [5, 5.41) is 4.27. The van der Waals surface area contributed by atoms with Gasteiger partial charge in [-0.3, -0.25) is 4.98 Å². The van der Waals surface area contributed by atoms with Crippen LogP contribution in [0.5, 0.6) is 0 Å². The standard InChI is InChI=1S/C25H30N4S/c1-17(2)18-9-11-20(12-10-18)29-23(19-13-15-28(16-19)25(3,4)5)22(27-24(29)30)21-8-6-7-14-26-21/h6-17,22-23H,1-5H3,(H,27,30). The van der Waals surface area contributed by atoms with Crippen LogP contribution in [-0.2, 0) is 5.54 Å². The summed E-state index contributed by atoms with van der Waals surface area (Å²) < 4.78 is 2.26. The molecule has 5 heteroatoms. The highest BCUT2D eigenvalue weighted by Crippen LogP contribution is 2.42. The van der Waals surface area contributed by atoms with Gasteiger partial charge in [0, 0.05) is 29.8 Å². The van der Waals surface area contributed by atoms with Crippen molar-refractivity contribution in [3.8, 4) is 0 Å². The van der Waals surface area contributed by atoms with E-state index < -0.39 is 0 Å². The van der Waals surface area contributed by atoms with Gasteiger partial charge in [0.25, 0.3) is 0 Å². The zero-order valence-corrected chi connectivity index (χ0v) is 19.1. The first-order valence-corrected chi connectivity index (χ1v) is 11.0. The molecule has 1 saturated heterocycles. The van der Waals surface area contributed by atoms with Crippen molar-refractivity contribution >= 4 is 23.0 Å². The van der Waals surface area contributed by atoms with Crippen LogP contribution in [0.1, 0.15) is 69.4 Å². The summed E-state index contributed by atoms with van der Waals surface area (Å²) >= 11 is 5.82. The van der Waals surface area contributed by atoms with Gasteiger partial charge in [0.15, 0.2) is 5.11 Å². The smallest absolute Gasteiger partial charge is 0.174 e. The summed E-state index contributed by atoms with van der Waals surface area (Å²) in [4.78, 5) is 6.87. The van der Waals surface area contributed by atoms with Gasteiger partial charge >= 0.3 is 0 Å². The third kappa shape index (κ3) is 3.86. The van der Waals surface area contributed by atoms with Gasteiger partial charge in [0.05, 0.1) is 17.8 Å². The van der Waals surface area contributed by atoms with Crippen molar-refractivity contribution in [2.24, 2.45) is 0 Å². The maximum atomic E-state index is 5.82. The van der Waals surface area contributed by atoms with Crippen molar-refractivity contribution in [3.63, 3.8) is 0 Å². The summed E-state index contributed by atoms with van der Waals surface area (Å²) in [5.41, 5.74) is 4.67. The molecule has 1 fully saturated rings. The number of anilines is 1. The lowest BCUT2D eigenvalue weighted by Gasteiger charge is -2.28. The molecule has 0 aliphatic carbocycles. The maximum Gasteiger partial charge on any atom is 0.174 e. The Bertz CT molecular complexity index is 1020. The van der Waals surface area contributed by atoms with Crippen molar-refractivity contribution in [2.45, 2.75) is 58.2 Å². The highest BCUT2D eigenvalue weighted by molar-refractivity contribution is 7.80. The van der Waals surface area contributed by atoms with Crippen molar-refractivity contribution < 1.29 is 0 Å². The molecule has 1 aliphatic rings. The fourth-order valence-corrected chi connectivity index (χ4v) is 4.34. The molecule has 30 heavy (non-hydrogen) atoms. The fraction of sp³-hybridized carbons (Fsp3) is 0.360. The van der Waals surface area contributed by atoms with E-state index in [-0.39, 0.29) is 17.6 Å². The zero-order chi connectivity index (χ0) is 21.5. The van der Waals surface area contributed by atoms with E-state index in [4.69, 9.17) is 12.2 Å². The quantitative estimate of drug-likeness (QED) is 0.532. The van der Waals surface area contributed by atoms with Crippen molar-refractivity contribution in [2.75, 3.05) is 4.90 Å². The second-order valence-electron chi connectivity index (χ2n) is 9.27. The lowest BCUT2D eigenvalue weighted by atomic mass is 9.98. The molecule has 0 radical (unpaired) electrons. The maximum absolute atomic E-state index is 5.82. The Morgan fingerprint density at radius 3 is 2.33 bits per heavy atom. The predicted octanol–water partition coefficient (Wildman–Crippen LogP) is 5.94. The molecule has 4 rings (SSSR count). The number of nitrogens with zero attached hydrogens (tertiary/aromatic N) is 3. The zero-order valence-electron chi connectivity index (χ0n) is 18.3. The molecule has 0 spiro atoms. The van der Waals surface area contributed by atoms with E-state index in [0.717, 1.165) is 16.5 Å². The van der Waals surface area contributed by atoms with Gasteiger partial charge in [0.1, 0.15) is 0 Å². The van der Waals surface area contributed by atoms with Gasteiger partial charge in [-0.1, -0.05) is 32.0 Å². The minimum Gasteiger partial charge on any atom is -0.351 e. The number of benzene rings is 1. The predicted molar refractivity (Wildman–Crippen MR) is 128 cm³/mol. The summed E-state index contributed by atoms with van der Waals surface area (Å²) in [6, 6.07) is 17.0. The second kappa shape index (κ2) is 7.88. The van der Waals surface area contributed by atoms with E-state index in [1.807, 2.05) is 18.3 Å². The van der Waals surface area contributed by atoms with Crippen LogP contribution in [0.4, 0.5) is 5.69 Å². The third-order valence-corrected chi connectivity index (χ3v) is 6.08. The molecular formula is C25H30N4S. The summed E-state index contributed by atoms with van der Waals surface area (Å²) in [6.45, 7) is 11.1. The number of nitrogens with one attached hydrogen (secondary N) is 1. The summed E-state index contributed by atoms with van der Waals surface area (Å²) in [6.07, 6.45) is 6.25. The van der Waals surface area contributed by atoms with Crippen LogP contribution >= 0.6 is 12.2 Å². The Kier molecular flexibility index (Phi) is 5.41. The Hall–Kier alpha value is -2.66. The van der Waals surface area contributed by atoms with E-state index in [1.165, 1.54) is 11.1 Å². The average Bonchev–Trinajstić information content (AvgIpc) is 3.33. The largest absolute Gasteiger partial charge is 0.351 e. The van der Waals surface area contributed by atoms with Crippen LogP contribution in [0.3, 0.4) is 0 Å². The van der Waals surface area contributed by atoms with E-state index in [2.05, 4.69) is 103 Å². The van der Waals surface area contributed by atoms with E-state index in [9.17, 15) is 0 Å². The topological polar surface area (TPSA) is 33.1 Å². The summed E-state index contributed by atoms with van der Waals surface area (Å²) in [5.74, 6) is 0.501. The molecule has 1 aliphatic heterocycles. The molecule has 0 amide bonds. The molecule has 2 unspecified atom stereocenters.